The second-order valence-corrected chi connectivity index (χ2v) is 10.7. The Bertz CT molecular complexity index is 1030. The van der Waals surface area contributed by atoms with E-state index in [2.05, 4.69) is 41.9 Å². The van der Waals surface area contributed by atoms with Crippen molar-refractivity contribution >= 4 is 60.7 Å². The number of carbonyl (C=O) groups excluding carboxylic acids is 1. The van der Waals surface area contributed by atoms with Gasteiger partial charge in [0.25, 0.3) is 0 Å². The number of sulfonamides is 1. The number of hydrogen-bond donors (Lipinski definition) is 3. The minimum Gasteiger partial charge on any atom is -0.448 e. The smallest absolute Gasteiger partial charge is 0.411 e. The number of rotatable bonds is 7. The molecule has 1 aliphatic rings. The maximum Gasteiger partial charge on any atom is 0.411 e. The number of benzene rings is 2. The molecule has 2 atom stereocenters. The van der Waals surface area contributed by atoms with E-state index in [0.717, 1.165) is 0 Å². The number of ether oxygens (including phenoxy) is 1. The molecule has 1 fully saturated rings. The summed E-state index contributed by atoms with van der Waals surface area (Å²) in [6, 6.07) is 13.0. The molecule has 0 aliphatic carbocycles. The van der Waals surface area contributed by atoms with Gasteiger partial charge >= 0.3 is 13.1 Å². The SMILES string of the molecule is CB(O)N1C[C@H](NS(=O)(=O)c2cc(Br)ccc2Br)C[C@@H]1COC(=O)Nc1ccccc1. The number of hydrogen-bond acceptors (Lipinski definition) is 6. The number of nitrogens with one attached hydrogen (secondary N) is 2. The van der Waals surface area contributed by atoms with Crippen LogP contribution in [0.4, 0.5) is 10.5 Å². The number of halogens is 2. The maximum atomic E-state index is 12.9. The molecule has 2 aromatic carbocycles. The molecule has 1 saturated heterocycles. The van der Waals surface area contributed by atoms with Crippen LogP contribution in [0.1, 0.15) is 6.42 Å². The van der Waals surface area contributed by atoms with Gasteiger partial charge < -0.3 is 14.6 Å². The maximum absolute atomic E-state index is 12.9. The Morgan fingerprint density at radius 2 is 1.97 bits per heavy atom. The summed E-state index contributed by atoms with van der Waals surface area (Å²) < 4.78 is 34.9. The third kappa shape index (κ3) is 6.53. The summed E-state index contributed by atoms with van der Waals surface area (Å²) in [7, 11) is -4.62. The van der Waals surface area contributed by atoms with E-state index < -0.39 is 29.2 Å². The Morgan fingerprint density at radius 3 is 2.65 bits per heavy atom. The molecule has 0 radical (unpaired) electrons. The summed E-state index contributed by atoms with van der Waals surface area (Å²) in [5, 5.41) is 12.7. The van der Waals surface area contributed by atoms with Crippen LogP contribution in [-0.2, 0) is 14.8 Å². The number of anilines is 1. The summed E-state index contributed by atoms with van der Waals surface area (Å²) in [5.41, 5.74) is 0.608. The van der Waals surface area contributed by atoms with Gasteiger partial charge in [0.2, 0.25) is 10.0 Å². The van der Waals surface area contributed by atoms with Gasteiger partial charge in [0.15, 0.2) is 0 Å². The highest BCUT2D eigenvalue weighted by Gasteiger charge is 2.38. The van der Waals surface area contributed by atoms with Crippen LogP contribution in [0.2, 0.25) is 6.82 Å². The second kappa shape index (κ2) is 10.5. The van der Waals surface area contributed by atoms with Crippen LogP contribution in [0.15, 0.2) is 62.4 Å². The molecule has 0 spiro atoms. The minimum atomic E-state index is -3.80. The lowest BCUT2D eigenvalue weighted by Crippen LogP contribution is -2.44. The first kappa shape index (κ1) is 24.2. The van der Waals surface area contributed by atoms with E-state index in [1.165, 1.54) is 6.07 Å². The van der Waals surface area contributed by atoms with Crippen LogP contribution in [-0.4, -0.2) is 56.6 Å². The Kier molecular flexibility index (Phi) is 8.17. The molecule has 31 heavy (non-hydrogen) atoms. The molecule has 3 N–H and O–H groups in total. The molecule has 1 aliphatic heterocycles. The molecular weight excluding hydrogens is 553 g/mol. The first-order valence-electron chi connectivity index (χ1n) is 9.56. The van der Waals surface area contributed by atoms with Gasteiger partial charge in [0.1, 0.15) is 6.61 Å². The van der Waals surface area contributed by atoms with Crippen molar-refractivity contribution in [3.05, 3.63) is 57.5 Å². The zero-order valence-corrected chi connectivity index (χ0v) is 20.7. The average Bonchev–Trinajstić information content (AvgIpc) is 3.11. The molecule has 1 amide bonds. The van der Waals surface area contributed by atoms with Gasteiger partial charge in [0, 0.05) is 33.3 Å². The number of amides is 1. The molecule has 8 nitrogen and oxygen atoms in total. The summed E-state index contributed by atoms with van der Waals surface area (Å²) in [4.78, 5) is 13.9. The highest BCUT2D eigenvalue weighted by atomic mass is 79.9. The van der Waals surface area contributed by atoms with Gasteiger partial charge in [-0.2, -0.15) is 0 Å². The molecule has 166 valence electrons. The third-order valence-corrected chi connectivity index (χ3v) is 7.88. The highest BCUT2D eigenvalue weighted by molar-refractivity contribution is 9.11. The van der Waals surface area contributed by atoms with E-state index in [1.54, 1.807) is 48.0 Å². The fourth-order valence-electron chi connectivity index (χ4n) is 3.46. The summed E-state index contributed by atoms with van der Waals surface area (Å²) in [5.74, 6) is 0. The highest BCUT2D eigenvalue weighted by Crippen LogP contribution is 2.27. The van der Waals surface area contributed by atoms with Gasteiger partial charge in [0.05, 0.1) is 4.90 Å². The topological polar surface area (TPSA) is 108 Å². The predicted molar refractivity (Wildman–Crippen MR) is 126 cm³/mol. The molecule has 3 rings (SSSR count). The quantitative estimate of drug-likeness (QED) is 0.438. The normalized spacial score (nSPS) is 19.2. The van der Waals surface area contributed by atoms with Crippen LogP contribution in [0.3, 0.4) is 0 Å². The Hall–Kier alpha value is -1.44. The monoisotopic (exact) mass is 573 g/mol. The Labute approximate surface area is 198 Å². The van der Waals surface area contributed by atoms with E-state index in [1.807, 2.05) is 6.07 Å². The Morgan fingerprint density at radius 1 is 1.26 bits per heavy atom. The molecular formula is C19H22BBr2N3O5S. The molecule has 0 bridgehead atoms. The largest absolute Gasteiger partial charge is 0.448 e. The number of nitrogens with zero attached hydrogens (tertiary/aromatic N) is 1. The van der Waals surface area contributed by atoms with E-state index in [0.29, 0.717) is 21.1 Å². The summed E-state index contributed by atoms with van der Waals surface area (Å²) >= 11 is 6.56. The first-order valence-corrected chi connectivity index (χ1v) is 12.6. The lowest BCUT2D eigenvalue weighted by Gasteiger charge is -2.24. The van der Waals surface area contributed by atoms with Crippen molar-refractivity contribution in [1.82, 2.24) is 9.53 Å². The van der Waals surface area contributed by atoms with Crippen molar-refractivity contribution in [2.45, 2.75) is 30.2 Å². The molecule has 2 aromatic rings. The molecule has 0 saturated carbocycles. The minimum absolute atomic E-state index is 0.0162. The fourth-order valence-corrected chi connectivity index (χ4v) is 6.20. The predicted octanol–water partition coefficient (Wildman–Crippen LogP) is 3.29. The van der Waals surface area contributed by atoms with Crippen molar-refractivity contribution in [3.63, 3.8) is 0 Å². The summed E-state index contributed by atoms with van der Waals surface area (Å²) in [6.07, 6.45) is -0.229. The van der Waals surface area contributed by atoms with Crippen LogP contribution >= 0.6 is 31.9 Å². The van der Waals surface area contributed by atoms with Gasteiger partial charge in [-0.25, -0.2) is 17.9 Å². The van der Waals surface area contributed by atoms with E-state index in [4.69, 9.17) is 4.74 Å². The van der Waals surface area contributed by atoms with Gasteiger partial charge in [-0.15, -0.1) is 0 Å². The van der Waals surface area contributed by atoms with Crippen LogP contribution in [0.25, 0.3) is 0 Å². The number of para-hydroxylation sites is 1. The van der Waals surface area contributed by atoms with E-state index >= 15 is 0 Å². The average molecular weight is 575 g/mol. The van der Waals surface area contributed by atoms with Crippen LogP contribution < -0.4 is 10.0 Å². The van der Waals surface area contributed by atoms with Crippen LogP contribution in [0.5, 0.6) is 0 Å². The van der Waals surface area contributed by atoms with Crippen molar-refractivity contribution in [2.24, 2.45) is 0 Å². The summed E-state index contributed by atoms with van der Waals surface area (Å²) in [6.45, 7) is 1.90. The van der Waals surface area contributed by atoms with Crippen LogP contribution in [0, 0.1) is 0 Å². The lowest BCUT2D eigenvalue weighted by atomic mass is 9.84. The molecule has 0 aromatic heterocycles. The standard InChI is InChI=1S/C19H22BBr2N3O5S/c1-20(27)25-11-15(24-31(28,29)18-9-13(21)7-8-17(18)22)10-16(25)12-30-19(26)23-14-5-3-2-4-6-14/h2-9,15-16,24,27H,10-12H2,1H3,(H,23,26)/t15-,16-/m1/s1. The van der Waals surface area contributed by atoms with Crippen molar-refractivity contribution < 1.29 is 23.0 Å². The Balaban J connectivity index is 1.63. The third-order valence-electron chi connectivity index (χ3n) is 4.87. The lowest BCUT2D eigenvalue weighted by molar-refractivity contribution is 0.135. The zero-order valence-electron chi connectivity index (χ0n) is 16.7. The van der Waals surface area contributed by atoms with E-state index in [9.17, 15) is 18.2 Å². The molecule has 0 unspecified atom stereocenters. The van der Waals surface area contributed by atoms with Gasteiger partial charge in [-0.05, 0) is 59.5 Å². The first-order chi connectivity index (χ1) is 14.7. The van der Waals surface area contributed by atoms with Gasteiger partial charge in [-0.1, -0.05) is 34.1 Å². The van der Waals surface area contributed by atoms with Gasteiger partial charge in [-0.3, -0.25) is 5.32 Å². The molecule has 12 heteroatoms. The fraction of sp³-hybridized carbons (Fsp3) is 0.316. The number of carbonyl (C=O) groups is 1. The van der Waals surface area contributed by atoms with Crippen molar-refractivity contribution in [3.8, 4) is 0 Å². The van der Waals surface area contributed by atoms with Crippen molar-refractivity contribution in [1.29, 1.82) is 0 Å². The second-order valence-electron chi connectivity index (χ2n) is 7.20. The molecule has 1 heterocycles. The zero-order chi connectivity index (χ0) is 22.6. The van der Waals surface area contributed by atoms with E-state index in [-0.39, 0.29) is 24.1 Å². The van der Waals surface area contributed by atoms with Crippen molar-refractivity contribution in [2.75, 3.05) is 18.5 Å².